The second-order valence-corrected chi connectivity index (χ2v) is 6.89. The minimum atomic E-state index is -0.440. The van der Waals surface area contributed by atoms with Gasteiger partial charge in [-0.05, 0) is 30.3 Å². The number of rotatable bonds is 8. The van der Waals surface area contributed by atoms with E-state index >= 15 is 0 Å². The van der Waals surface area contributed by atoms with Gasteiger partial charge in [-0.15, -0.1) is 10.2 Å². The highest BCUT2D eigenvalue weighted by Crippen LogP contribution is 2.27. The number of aromatic nitrogens is 4. The molecule has 4 aromatic rings. The molecule has 11 nitrogen and oxygen atoms in total. The molecule has 0 unspecified atom stereocenters. The average Bonchev–Trinajstić information content (AvgIpc) is 2.90. The smallest absolute Gasteiger partial charge is 0.337 e. The van der Waals surface area contributed by atoms with Gasteiger partial charge >= 0.3 is 5.97 Å². The molecule has 2 heterocycles. The maximum absolute atomic E-state index is 12.2. The highest BCUT2D eigenvalue weighted by molar-refractivity contribution is 5.90. The van der Waals surface area contributed by atoms with Gasteiger partial charge in [0.25, 0.3) is 11.9 Å². The second-order valence-electron chi connectivity index (χ2n) is 6.89. The number of hydrogen-bond acceptors (Lipinski definition) is 10. The predicted octanol–water partition coefficient (Wildman–Crippen LogP) is 2.40. The van der Waals surface area contributed by atoms with E-state index in [0.29, 0.717) is 28.3 Å². The van der Waals surface area contributed by atoms with Crippen molar-refractivity contribution in [2.45, 2.75) is 0 Å². The number of methoxy groups -OCH3 is 2. The summed E-state index contributed by atoms with van der Waals surface area (Å²) in [6, 6.07) is 13.7. The number of hydrogen-bond donors (Lipinski definition) is 2. The fourth-order valence-electron chi connectivity index (χ4n) is 3.02. The van der Waals surface area contributed by atoms with Crippen LogP contribution < -0.4 is 20.3 Å². The molecule has 2 aromatic heterocycles. The van der Waals surface area contributed by atoms with E-state index in [0.717, 1.165) is 10.9 Å². The summed E-state index contributed by atoms with van der Waals surface area (Å²) >= 11 is 0. The van der Waals surface area contributed by atoms with Gasteiger partial charge in [0.15, 0.2) is 6.61 Å². The summed E-state index contributed by atoms with van der Waals surface area (Å²) in [5.41, 5.74) is 7.38. The van der Waals surface area contributed by atoms with Crippen molar-refractivity contribution >= 4 is 28.7 Å². The number of nitrogens with one attached hydrogen (secondary N) is 2. The van der Waals surface area contributed by atoms with Crippen molar-refractivity contribution in [3.05, 3.63) is 66.5 Å². The number of carbonyl (C=O) groups is 2. The zero-order chi connectivity index (χ0) is 23.9. The van der Waals surface area contributed by atoms with Crippen LogP contribution in [0.25, 0.3) is 22.2 Å². The quantitative estimate of drug-likeness (QED) is 0.298. The molecule has 2 N–H and O–H groups in total. The molecule has 2 aromatic carbocycles. The van der Waals surface area contributed by atoms with E-state index in [2.05, 4.69) is 35.8 Å². The summed E-state index contributed by atoms with van der Waals surface area (Å²) in [5.74, 6) is 0.432. The third kappa shape index (κ3) is 5.15. The van der Waals surface area contributed by atoms with Crippen LogP contribution in [0, 0.1) is 0 Å². The first-order valence-electron chi connectivity index (χ1n) is 10.1. The van der Waals surface area contributed by atoms with Crippen molar-refractivity contribution in [2.75, 3.05) is 26.3 Å². The molecule has 0 aliphatic heterocycles. The van der Waals surface area contributed by atoms with E-state index in [1.807, 2.05) is 6.07 Å². The van der Waals surface area contributed by atoms with Crippen molar-refractivity contribution < 1.29 is 23.8 Å². The maximum atomic E-state index is 12.2. The maximum Gasteiger partial charge on any atom is 0.337 e. The van der Waals surface area contributed by atoms with Crippen LogP contribution in [0.15, 0.2) is 60.9 Å². The van der Waals surface area contributed by atoms with Crippen molar-refractivity contribution in [1.29, 1.82) is 0 Å². The molecule has 0 atom stereocenters. The molecule has 0 saturated heterocycles. The van der Waals surface area contributed by atoms with Gasteiger partial charge in [0.1, 0.15) is 17.2 Å². The van der Waals surface area contributed by atoms with Crippen LogP contribution in [0.3, 0.4) is 0 Å². The van der Waals surface area contributed by atoms with Crippen LogP contribution in [0.4, 0.5) is 5.95 Å². The molecular formula is C23H20N6O5. The Kier molecular flexibility index (Phi) is 6.73. The minimum Gasteiger partial charge on any atom is -0.497 e. The van der Waals surface area contributed by atoms with E-state index in [4.69, 9.17) is 9.47 Å². The standard InChI is InChI=1S/C23H20N6O5/c1-32-16-7-8-17-18(11-16)24-10-9-20(17)34-13-21(30)27-29-23-25-12-19(26-28-23)14-3-5-15(6-4-14)22(31)33-2/h3-12H,13H2,1-2H3,(H,27,30)(H,25,28,29). The molecule has 34 heavy (non-hydrogen) atoms. The first-order chi connectivity index (χ1) is 16.6. The molecule has 0 radical (unpaired) electrons. The fourth-order valence-corrected chi connectivity index (χ4v) is 3.02. The molecule has 0 spiro atoms. The molecule has 1 amide bonds. The fraction of sp³-hybridized carbons (Fsp3) is 0.130. The normalized spacial score (nSPS) is 10.4. The van der Waals surface area contributed by atoms with Gasteiger partial charge in [-0.3, -0.25) is 20.6 Å². The van der Waals surface area contributed by atoms with Gasteiger partial charge in [-0.2, -0.15) is 0 Å². The van der Waals surface area contributed by atoms with Crippen LogP contribution in [0.2, 0.25) is 0 Å². The van der Waals surface area contributed by atoms with Crippen LogP contribution in [0.5, 0.6) is 11.5 Å². The Labute approximate surface area is 194 Å². The number of nitrogens with zero attached hydrogens (tertiary/aromatic N) is 4. The van der Waals surface area contributed by atoms with Crippen molar-refractivity contribution in [3.63, 3.8) is 0 Å². The molecule has 11 heteroatoms. The van der Waals surface area contributed by atoms with E-state index in [1.54, 1.807) is 55.8 Å². The second kappa shape index (κ2) is 10.2. The summed E-state index contributed by atoms with van der Waals surface area (Å²) < 4.78 is 15.5. The van der Waals surface area contributed by atoms with Crippen LogP contribution >= 0.6 is 0 Å². The van der Waals surface area contributed by atoms with Crippen LogP contribution in [-0.4, -0.2) is 52.9 Å². The van der Waals surface area contributed by atoms with Gasteiger partial charge in [0, 0.05) is 23.2 Å². The van der Waals surface area contributed by atoms with E-state index < -0.39 is 11.9 Å². The van der Waals surface area contributed by atoms with Crippen LogP contribution in [-0.2, 0) is 9.53 Å². The Bertz CT molecular complexity index is 1310. The van der Waals surface area contributed by atoms with Gasteiger partial charge < -0.3 is 14.2 Å². The lowest BCUT2D eigenvalue weighted by molar-refractivity contribution is -0.122. The highest BCUT2D eigenvalue weighted by atomic mass is 16.5. The number of anilines is 1. The molecule has 4 rings (SSSR count). The van der Waals surface area contributed by atoms with Gasteiger partial charge in [0.2, 0.25) is 0 Å². The first kappa shape index (κ1) is 22.4. The largest absolute Gasteiger partial charge is 0.497 e. The summed E-state index contributed by atoms with van der Waals surface area (Å²) in [6.07, 6.45) is 3.08. The summed E-state index contributed by atoms with van der Waals surface area (Å²) in [7, 11) is 2.90. The summed E-state index contributed by atoms with van der Waals surface area (Å²) in [5, 5.41) is 8.77. The average molecular weight is 460 g/mol. The monoisotopic (exact) mass is 460 g/mol. The third-order valence-electron chi connectivity index (χ3n) is 4.75. The Morgan fingerprint density at radius 2 is 1.79 bits per heavy atom. The van der Waals surface area contributed by atoms with E-state index in [-0.39, 0.29) is 12.6 Å². The number of pyridine rings is 1. The molecule has 0 aliphatic carbocycles. The zero-order valence-corrected chi connectivity index (χ0v) is 18.3. The molecule has 172 valence electrons. The van der Waals surface area contributed by atoms with E-state index in [1.165, 1.54) is 13.3 Å². The lowest BCUT2D eigenvalue weighted by atomic mass is 10.1. The number of benzene rings is 2. The number of esters is 1. The van der Waals surface area contributed by atoms with Crippen LogP contribution in [0.1, 0.15) is 10.4 Å². The van der Waals surface area contributed by atoms with Crippen molar-refractivity contribution in [1.82, 2.24) is 25.6 Å². The number of amides is 1. The molecule has 0 aliphatic rings. The Balaban J connectivity index is 1.31. The molecule has 0 bridgehead atoms. The Hall–Kier alpha value is -4.80. The van der Waals surface area contributed by atoms with E-state index in [9.17, 15) is 9.59 Å². The van der Waals surface area contributed by atoms with Gasteiger partial charge in [0.05, 0.1) is 31.5 Å². The highest BCUT2D eigenvalue weighted by Gasteiger charge is 2.10. The topological polar surface area (TPSA) is 137 Å². The minimum absolute atomic E-state index is 0.102. The number of carbonyl (C=O) groups excluding carboxylic acids is 2. The number of hydrazine groups is 1. The third-order valence-corrected chi connectivity index (χ3v) is 4.75. The molecule has 0 fully saturated rings. The summed E-state index contributed by atoms with van der Waals surface area (Å²) in [4.78, 5) is 32.1. The SMILES string of the molecule is COC(=O)c1ccc(-c2cnc(NNC(=O)COc3ccnc4cc(OC)ccc34)nn2)cc1. The van der Waals surface area contributed by atoms with Gasteiger partial charge in [-0.25, -0.2) is 9.78 Å². The molecule has 0 saturated carbocycles. The zero-order valence-electron chi connectivity index (χ0n) is 18.3. The Morgan fingerprint density at radius 3 is 2.50 bits per heavy atom. The lowest BCUT2D eigenvalue weighted by Gasteiger charge is -2.10. The van der Waals surface area contributed by atoms with Crippen molar-refractivity contribution in [2.24, 2.45) is 0 Å². The predicted molar refractivity (Wildman–Crippen MR) is 122 cm³/mol. The number of fused-ring (bicyclic) bond motifs is 1. The first-order valence-corrected chi connectivity index (χ1v) is 10.1. The van der Waals surface area contributed by atoms with Gasteiger partial charge in [-0.1, -0.05) is 12.1 Å². The molecular weight excluding hydrogens is 440 g/mol. The summed E-state index contributed by atoms with van der Waals surface area (Å²) in [6.45, 7) is -0.240. The lowest BCUT2D eigenvalue weighted by Crippen LogP contribution is -2.34. The number of ether oxygens (including phenoxy) is 3. The van der Waals surface area contributed by atoms with Crippen molar-refractivity contribution in [3.8, 4) is 22.8 Å². The Morgan fingerprint density at radius 1 is 0.971 bits per heavy atom.